The summed E-state index contributed by atoms with van der Waals surface area (Å²) < 4.78 is 7.85. The van der Waals surface area contributed by atoms with Crippen LogP contribution in [-0.4, -0.2) is 54.8 Å². The van der Waals surface area contributed by atoms with Gasteiger partial charge in [0.25, 0.3) is 0 Å². The third-order valence-corrected chi connectivity index (χ3v) is 5.73. The molecule has 3 aromatic heterocycles. The zero-order chi connectivity index (χ0) is 24.1. The average molecular weight is 457 g/mol. The fourth-order valence-electron chi connectivity index (χ4n) is 3.97. The molecule has 1 aliphatic heterocycles. The van der Waals surface area contributed by atoms with Crippen LogP contribution in [0.2, 0.25) is 0 Å². The van der Waals surface area contributed by atoms with Gasteiger partial charge in [-0.3, -0.25) is 9.39 Å². The lowest BCUT2D eigenvalue weighted by Crippen LogP contribution is -2.32. The summed E-state index contributed by atoms with van der Waals surface area (Å²) in [5.41, 5.74) is 3.42. The Bertz CT molecular complexity index is 1310. The maximum absolute atomic E-state index is 9.56. The number of ether oxygens (including phenoxy) is 1. The highest BCUT2D eigenvalue weighted by molar-refractivity contribution is 6.47. The van der Waals surface area contributed by atoms with E-state index in [4.69, 9.17) is 20.8 Å². The van der Waals surface area contributed by atoms with Crippen molar-refractivity contribution in [2.45, 2.75) is 38.8 Å². The van der Waals surface area contributed by atoms with Crippen molar-refractivity contribution in [3.05, 3.63) is 53.9 Å². The monoisotopic (exact) mass is 456 g/mol. The quantitative estimate of drug-likeness (QED) is 0.256. The molecule has 4 heterocycles. The highest BCUT2D eigenvalue weighted by atomic mass is 16.5. The summed E-state index contributed by atoms with van der Waals surface area (Å²) in [6.45, 7) is 5.09. The van der Waals surface area contributed by atoms with Crippen LogP contribution >= 0.6 is 0 Å². The summed E-state index contributed by atoms with van der Waals surface area (Å²) in [6.07, 6.45) is 7.95. The molecule has 11 heteroatoms. The lowest BCUT2D eigenvalue weighted by atomic mass is 10.0. The molecule has 2 N–H and O–H groups in total. The number of fused-ring (bicyclic) bond motifs is 1. The molecule has 0 radical (unpaired) electrons. The average Bonchev–Trinajstić information content (AvgIpc) is 3.29. The summed E-state index contributed by atoms with van der Waals surface area (Å²) in [5.74, 6) is 6.20. The molecule has 1 saturated heterocycles. The summed E-state index contributed by atoms with van der Waals surface area (Å²) in [6, 6.07) is 7.57. The van der Waals surface area contributed by atoms with E-state index in [-0.39, 0.29) is 6.04 Å². The second kappa shape index (κ2) is 9.96. The Kier molecular flexibility index (Phi) is 6.64. The normalized spacial score (nSPS) is 16.2. The van der Waals surface area contributed by atoms with Crippen LogP contribution in [0.1, 0.15) is 49.7 Å². The van der Waals surface area contributed by atoms with E-state index in [2.05, 4.69) is 32.3 Å². The maximum atomic E-state index is 9.56. The number of piperidine rings is 1. The molecular weight excluding hydrogens is 432 g/mol. The summed E-state index contributed by atoms with van der Waals surface area (Å²) >= 11 is 0. The minimum Gasteiger partial charge on any atom is -0.469 e. The number of likely N-dealkylation sites (tertiary alicyclic amines) is 1. The van der Waals surface area contributed by atoms with Crippen molar-refractivity contribution in [3.63, 3.8) is 0 Å². The predicted octanol–water partition coefficient (Wildman–Crippen LogP) is 2.21. The van der Waals surface area contributed by atoms with Crippen LogP contribution < -0.4 is 10.6 Å². The number of imidazole rings is 1. The van der Waals surface area contributed by atoms with Crippen LogP contribution in [0.15, 0.2) is 47.0 Å². The van der Waals surface area contributed by atoms with E-state index in [0.717, 1.165) is 12.8 Å². The van der Waals surface area contributed by atoms with E-state index in [0.29, 0.717) is 53.0 Å². The van der Waals surface area contributed by atoms with Crippen molar-refractivity contribution in [1.29, 1.82) is 10.5 Å². The van der Waals surface area contributed by atoms with Gasteiger partial charge in [0.1, 0.15) is 35.6 Å². The van der Waals surface area contributed by atoms with E-state index in [1.807, 2.05) is 13.8 Å². The molecule has 0 aromatic carbocycles. The van der Waals surface area contributed by atoms with Crippen LogP contribution in [0.5, 0.6) is 5.88 Å². The minimum absolute atomic E-state index is 0.0928. The Morgan fingerprint density at radius 2 is 2.06 bits per heavy atom. The second-order valence-electron chi connectivity index (χ2n) is 7.94. The van der Waals surface area contributed by atoms with Gasteiger partial charge in [0.05, 0.1) is 23.6 Å². The zero-order valence-electron chi connectivity index (χ0n) is 19.0. The first-order chi connectivity index (χ1) is 16.5. The number of hydrogen-bond acceptors (Lipinski definition) is 10. The summed E-state index contributed by atoms with van der Waals surface area (Å²) in [4.78, 5) is 19.1. The molecule has 4 rings (SSSR count). The number of rotatable bonds is 6. The van der Waals surface area contributed by atoms with Crippen LogP contribution in [-0.2, 0) is 0 Å². The standard InChI is InChI=1S/C23H24N10O/c1-15(30-18-4-7-32(13-25)8-5-18)23(31-26)17-9-21-28-12-19(11-24)33(21)22(10-17)34-16(2)20-3-6-27-14-29-20/h3,6,9-10,12,14,16,18H,4-5,7-8,26H2,1-2H3/b30-15?,31-23+. The van der Waals surface area contributed by atoms with Gasteiger partial charge in [0.15, 0.2) is 6.19 Å². The van der Waals surface area contributed by atoms with Gasteiger partial charge in [0.2, 0.25) is 5.88 Å². The number of nitriles is 2. The number of aliphatic imine (C=N–C) groups is 1. The Morgan fingerprint density at radius 3 is 2.71 bits per heavy atom. The fraction of sp³-hybridized carbons (Fsp3) is 0.348. The van der Waals surface area contributed by atoms with Gasteiger partial charge in [-0.15, -0.1) is 0 Å². The van der Waals surface area contributed by atoms with E-state index < -0.39 is 6.10 Å². The summed E-state index contributed by atoms with van der Waals surface area (Å²) in [7, 11) is 0. The first-order valence-corrected chi connectivity index (χ1v) is 10.9. The van der Waals surface area contributed by atoms with E-state index in [9.17, 15) is 5.26 Å². The number of nitrogens with two attached hydrogens (primary N) is 1. The van der Waals surface area contributed by atoms with E-state index >= 15 is 0 Å². The van der Waals surface area contributed by atoms with Crippen LogP contribution in [0.4, 0.5) is 0 Å². The SMILES string of the molecule is CC(=NC1CCN(C#N)CC1)/C(=N\N)c1cc(OC(C)c2ccncn2)n2c(C#N)cnc2c1. The van der Waals surface area contributed by atoms with Crippen molar-refractivity contribution in [2.75, 3.05) is 13.1 Å². The van der Waals surface area contributed by atoms with Gasteiger partial charge >= 0.3 is 0 Å². The largest absolute Gasteiger partial charge is 0.469 e. The first kappa shape index (κ1) is 22.7. The molecule has 3 aromatic rings. The molecule has 0 spiro atoms. The highest BCUT2D eigenvalue weighted by Gasteiger charge is 2.21. The maximum Gasteiger partial charge on any atom is 0.201 e. The van der Waals surface area contributed by atoms with Gasteiger partial charge in [-0.2, -0.15) is 15.6 Å². The second-order valence-corrected chi connectivity index (χ2v) is 7.94. The fourth-order valence-corrected chi connectivity index (χ4v) is 3.97. The van der Waals surface area contributed by atoms with Crippen LogP contribution in [0, 0.1) is 22.8 Å². The molecule has 0 bridgehead atoms. The smallest absolute Gasteiger partial charge is 0.201 e. The van der Waals surface area contributed by atoms with Gasteiger partial charge < -0.3 is 15.5 Å². The van der Waals surface area contributed by atoms with Crippen LogP contribution in [0.25, 0.3) is 5.65 Å². The lowest BCUT2D eigenvalue weighted by Gasteiger charge is -2.26. The number of hydrogen-bond donors (Lipinski definition) is 1. The molecule has 0 saturated carbocycles. The lowest BCUT2D eigenvalue weighted by molar-refractivity contribution is 0.209. The molecule has 1 atom stereocenters. The molecule has 11 nitrogen and oxygen atoms in total. The molecule has 1 aliphatic rings. The van der Waals surface area contributed by atoms with Crippen LogP contribution in [0.3, 0.4) is 0 Å². The Labute approximate surface area is 196 Å². The van der Waals surface area contributed by atoms with Crippen molar-refractivity contribution in [2.24, 2.45) is 15.9 Å². The topological polar surface area (TPSA) is 154 Å². The van der Waals surface area contributed by atoms with Crippen molar-refractivity contribution < 1.29 is 4.74 Å². The molecule has 172 valence electrons. The molecular formula is C23H24N10O. The molecule has 1 fully saturated rings. The van der Waals surface area contributed by atoms with E-state index in [1.54, 1.807) is 33.7 Å². The van der Waals surface area contributed by atoms with Gasteiger partial charge in [-0.25, -0.2) is 15.0 Å². The molecule has 0 aliphatic carbocycles. The number of nitrogens with zero attached hydrogens (tertiary/aromatic N) is 9. The third-order valence-electron chi connectivity index (χ3n) is 5.73. The van der Waals surface area contributed by atoms with Gasteiger partial charge in [0, 0.05) is 30.9 Å². The zero-order valence-corrected chi connectivity index (χ0v) is 19.0. The predicted molar refractivity (Wildman–Crippen MR) is 125 cm³/mol. The Balaban J connectivity index is 1.69. The number of hydrazone groups is 1. The van der Waals surface area contributed by atoms with Gasteiger partial charge in [-0.05, 0) is 38.8 Å². The summed E-state index contributed by atoms with van der Waals surface area (Å²) in [5, 5.41) is 22.6. The molecule has 0 amide bonds. The van der Waals surface area contributed by atoms with Crippen molar-refractivity contribution in [3.8, 4) is 18.1 Å². The minimum atomic E-state index is -0.409. The Hall–Kier alpha value is -4.51. The van der Waals surface area contributed by atoms with E-state index in [1.165, 1.54) is 12.5 Å². The first-order valence-electron chi connectivity index (χ1n) is 10.9. The van der Waals surface area contributed by atoms with Gasteiger partial charge in [-0.1, -0.05) is 0 Å². The van der Waals surface area contributed by atoms with Crippen molar-refractivity contribution in [1.82, 2.24) is 24.3 Å². The third kappa shape index (κ3) is 4.64. The molecule has 34 heavy (non-hydrogen) atoms. The highest BCUT2D eigenvalue weighted by Crippen LogP contribution is 2.26. The number of pyridine rings is 1. The molecule has 1 unspecified atom stereocenters. The Morgan fingerprint density at radius 1 is 1.26 bits per heavy atom. The number of aromatic nitrogens is 4. The van der Waals surface area contributed by atoms with Crippen molar-refractivity contribution >= 4 is 17.1 Å².